The maximum absolute atomic E-state index is 11.6. The molecule has 0 saturated carbocycles. The van der Waals surface area contributed by atoms with Crippen molar-refractivity contribution in [1.82, 2.24) is 14.9 Å². The van der Waals surface area contributed by atoms with Gasteiger partial charge in [0.2, 0.25) is 5.91 Å². The van der Waals surface area contributed by atoms with Gasteiger partial charge in [-0.05, 0) is 33.1 Å². The van der Waals surface area contributed by atoms with Gasteiger partial charge in [0.1, 0.15) is 5.82 Å². The van der Waals surface area contributed by atoms with Gasteiger partial charge >= 0.3 is 0 Å². The SMILES string of the molecule is CC.CC.CC.CC(=N)N.CC(=O)N1CC(C)CC1c1nc(C)c(C)[nH]1. The van der Waals surface area contributed by atoms with Gasteiger partial charge in [-0.15, -0.1) is 0 Å². The van der Waals surface area contributed by atoms with Gasteiger partial charge in [0.05, 0.1) is 17.6 Å². The minimum absolute atomic E-state index is 0.139. The highest BCUT2D eigenvalue weighted by molar-refractivity contribution is 5.74. The van der Waals surface area contributed by atoms with Crippen LogP contribution in [0.2, 0.25) is 0 Å². The van der Waals surface area contributed by atoms with Crippen molar-refractivity contribution in [2.75, 3.05) is 6.54 Å². The van der Waals surface area contributed by atoms with Crippen LogP contribution in [0.5, 0.6) is 0 Å². The quantitative estimate of drug-likeness (QED) is 0.481. The first-order valence-electron chi connectivity index (χ1n) is 9.83. The molecule has 2 atom stereocenters. The third kappa shape index (κ3) is 10.9. The summed E-state index contributed by atoms with van der Waals surface area (Å²) in [4.78, 5) is 21.3. The number of imidazole rings is 1. The Morgan fingerprint density at radius 1 is 1.15 bits per heavy atom. The van der Waals surface area contributed by atoms with E-state index < -0.39 is 0 Å². The average molecular weight is 370 g/mol. The molecule has 26 heavy (non-hydrogen) atoms. The van der Waals surface area contributed by atoms with E-state index in [0.29, 0.717) is 5.92 Å². The summed E-state index contributed by atoms with van der Waals surface area (Å²) in [7, 11) is 0. The van der Waals surface area contributed by atoms with Gasteiger partial charge < -0.3 is 15.6 Å². The molecule has 2 unspecified atom stereocenters. The van der Waals surface area contributed by atoms with Crippen LogP contribution in [0.3, 0.4) is 0 Å². The van der Waals surface area contributed by atoms with Crippen LogP contribution in [0.15, 0.2) is 0 Å². The minimum Gasteiger partial charge on any atom is -0.388 e. The molecule has 1 aromatic rings. The lowest BCUT2D eigenvalue weighted by Crippen LogP contribution is -2.29. The van der Waals surface area contributed by atoms with Gasteiger partial charge in [0.25, 0.3) is 0 Å². The number of hydrogen-bond acceptors (Lipinski definition) is 3. The predicted molar refractivity (Wildman–Crippen MR) is 114 cm³/mol. The summed E-state index contributed by atoms with van der Waals surface area (Å²) < 4.78 is 0. The molecule has 1 amide bonds. The van der Waals surface area contributed by atoms with Gasteiger partial charge in [0, 0.05) is 19.2 Å². The molecule has 1 aliphatic heterocycles. The molecule has 2 heterocycles. The van der Waals surface area contributed by atoms with Crippen molar-refractivity contribution in [3.63, 3.8) is 0 Å². The van der Waals surface area contributed by atoms with Crippen LogP contribution in [0.25, 0.3) is 0 Å². The third-order valence-electron chi connectivity index (χ3n) is 3.38. The number of amides is 1. The number of likely N-dealkylation sites (tertiary alicyclic amines) is 1. The summed E-state index contributed by atoms with van der Waals surface area (Å²) in [6.45, 7) is 22.2. The second kappa shape index (κ2) is 16.6. The standard InChI is InChI=1S/C12H19N3O.C2H6N2.3C2H6/c1-7-5-11(15(6-7)10(4)16)12-13-8(2)9(3)14-12;1-2(3)4;3*1-2/h7,11H,5-6H2,1-4H3,(H,13,14);1H3,(H3,3,4);3*1-2H3. The zero-order valence-electron chi connectivity index (χ0n) is 18.9. The monoisotopic (exact) mass is 369 g/mol. The Morgan fingerprint density at radius 3 is 1.88 bits per heavy atom. The number of nitrogens with zero attached hydrogens (tertiary/aromatic N) is 2. The Balaban J connectivity index is -0.000000451. The summed E-state index contributed by atoms with van der Waals surface area (Å²) in [6, 6.07) is 0.139. The van der Waals surface area contributed by atoms with Crippen LogP contribution < -0.4 is 5.73 Å². The molecule has 0 radical (unpaired) electrons. The summed E-state index contributed by atoms with van der Waals surface area (Å²) in [5.41, 5.74) is 6.82. The van der Waals surface area contributed by atoms with Crippen molar-refractivity contribution in [1.29, 1.82) is 5.41 Å². The van der Waals surface area contributed by atoms with E-state index in [0.717, 1.165) is 30.2 Å². The molecule has 0 bridgehead atoms. The molecular weight excluding hydrogens is 326 g/mol. The van der Waals surface area contributed by atoms with E-state index in [1.807, 2.05) is 60.3 Å². The number of amidine groups is 1. The van der Waals surface area contributed by atoms with Crippen LogP contribution in [0, 0.1) is 25.2 Å². The summed E-state index contributed by atoms with van der Waals surface area (Å²) >= 11 is 0. The van der Waals surface area contributed by atoms with E-state index in [9.17, 15) is 4.79 Å². The lowest BCUT2D eigenvalue weighted by atomic mass is 10.1. The zero-order chi connectivity index (χ0) is 21.4. The molecule has 0 aromatic carbocycles. The second-order valence-electron chi connectivity index (χ2n) is 5.54. The molecule has 2 rings (SSSR count). The Morgan fingerprint density at radius 2 is 1.58 bits per heavy atom. The van der Waals surface area contributed by atoms with Crippen LogP contribution in [0.4, 0.5) is 0 Å². The molecule has 1 aliphatic rings. The summed E-state index contributed by atoms with van der Waals surface area (Å²) in [5.74, 6) is 1.80. The first kappa shape index (κ1) is 28.9. The fraction of sp³-hybridized carbons (Fsp3) is 0.750. The highest BCUT2D eigenvalue weighted by Gasteiger charge is 2.34. The highest BCUT2D eigenvalue weighted by Crippen LogP contribution is 2.34. The molecular formula is C20H43N5O. The van der Waals surface area contributed by atoms with Gasteiger partial charge in [0.15, 0.2) is 0 Å². The third-order valence-corrected chi connectivity index (χ3v) is 3.38. The topological polar surface area (TPSA) is 98.9 Å². The van der Waals surface area contributed by atoms with Gasteiger partial charge in [-0.2, -0.15) is 0 Å². The average Bonchev–Trinajstić information content (AvgIpc) is 3.16. The Bertz CT molecular complexity index is 473. The van der Waals surface area contributed by atoms with Crippen LogP contribution in [-0.2, 0) is 4.79 Å². The number of rotatable bonds is 1. The molecule has 1 saturated heterocycles. The van der Waals surface area contributed by atoms with E-state index in [2.05, 4.69) is 16.9 Å². The number of carbonyl (C=O) groups is 1. The Kier molecular flexibility index (Phi) is 18.5. The molecule has 0 aliphatic carbocycles. The van der Waals surface area contributed by atoms with Crippen molar-refractivity contribution in [3.8, 4) is 0 Å². The Hall–Kier alpha value is -1.85. The zero-order valence-corrected chi connectivity index (χ0v) is 18.9. The minimum atomic E-state index is 0.139. The summed E-state index contributed by atoms with van der Waals surface area (Å²) in [6.07, 6.45) is 1.01. The van der Waals surface area contributed by atoms with E-state index in [4.69, 9.17) is 11.1 Å². The molecule has 4 N–H and O–H groups in total. The first-order valence-corrected chi connectivity index (χ1v) is 9.83. The molecule has 1 aromatic heterocycles. The number of carbonyl (C=O) groups excluding carboxylic acids is 1. The smallest absolute Gasteiger partial charge is 0.220 e. The maximum atomic E-state index is 11.6. The normalized spacial score (nSPS) is 17.1. The molecule has 154 valence electrons. The van der Waals surface area contributed by atoms with Crippen molar-refractivity contribution in [2.24, 2.45) is 11.7 Å². The molecule has 0 spiro atoms. The van der Waals surface area contributed by atoms with Crippen LogP contribution >= 0.6 is 0 Å². The van der Waals surface area contributed by atoms with Crippen molar-refractivity contribution >= 4 is 11.7 Å². The van der Waals surface area contributed by atoms with Gasteiger partial charge in [-0.3, -0.25) is 10.2 Å². The van der Waals surface area contributed by atoms with Crippen molar-refractivity contribution < 1.29 is 4.79 Å². The van der Waals surface area contributed by atoms with Crippen molar-refractivity contribution in [2.45, 2.75) is 88.6 Å². The van der Waals surface area contributed by atoms with Crippen LogP contribution in [-0.4, -0.2) is 33.2 Å². The van der Waals surface area contributed by atoms with Gasteiger partial charge in [-0.25, -0.2) is 4.98 Å². The van der Waals surface area contributed by atoms with E-state index in [-0.39, 0.29) is 17.8 Å². The van der Waals surface area contributed by atoms with E-state index in [1.165, 1.54) is 6.92 Å². The number of H-pyrrole nitrogens is 1. The highest BCUT2D eigenvalue weighted by atomic mass is 16.2. The number of aryl methyl sites for hydroxylation is 2. The van der Waals surface area contributed by atoms with Gasteiger partial charge in [-0.1, -0.05) is 48.5 Å². The fourth-order valence-corrected chi connectivity index (χ4v) is 2.39. The largest absolute Gasteiger partial charge is 0.388 e. The first-order chi connectivity index (χ1) is 12.2. The number of hydrogen-bond donors (Lipinski definition) is 3. The molecule has 6 nitrogen and oxygen atoms in total. The number of nitrogens with one attached hydrogen (secondary N) is 2. The van der Waals surface area contributed by atoms with Crippen molar-refractivity contribution in [3.05, 3.63) is 17.2 Å². The number of aromatic amines is 1. The Labute approximate surface area is 161 Å². The van der Waals surface area contributed by atoms with E-state index >= 15 is 0 Å². The van der Waals surface area contributed by atoms with Crippen LogP contribution in [0.1, 0.15) is 92.0 Å². The summed E-state index contributed by atoms with van der Waals surface area (Å²) in [5, 5.41) is 6.28. The fourth-order valence-electron chi connectivity index (χ4n) is 2.39. The molecule has 6 heteroatoms. The predicted octanol–water partition coefficient (Wildman–Crippen LogP) is 4.98. The second-order valence-corrected chi connectivity index (χ2v) is 5.54. The van der Waals surface area contributed by atoms with E-state index in [1.54, 1.807) is 6.92 Å². The molecule has 1 fully saturated rings. The maximum Gasteiger partial charge on any atom is 0.220 e. The number of nitrogens with two attached hydrogens (primary N) is 1. The lowest BCUT2D eigenvalue weighted by molar-refractivity contribution is -0.130. The lowest BCUT2D eigenvalue weighted by Gasteiger charge is -2.21. The number of aromatic nitrogens is 2.